The highest BCUT2D eigenvalue weighted by Gasteiger charge is 2.32. The number of allylic oxidation sites excluding steroid dienone is 1. The molecule has 0 fully saturated rings. The van der Waals surface area contributed by atoms with E-state index in [0.29, 0.717) is 22.5 Å². The summed E-state index contributed by atoms with van der Waals surface area (Å²) >= 11 is 0. The predicted octanol–water partition coefficient (Wildman–Crippen LogP) is 12.0. The van der Waals surface area contributed by atoms with Gasteiger partial charge in [-0.2, -0.15) is 26.3 Å². The van der Waals surface area contributed by atoms with Gasteiger partial charge in [-0.15, -0.1) is 20.4 Å². The van der Waals surface area contributed by atoms with Gasteiger partial charge in [0.25, 0.3) is 0 Å². The minimum absolute atomic E-state index is 0.0249. The maximum absolute atomic E-state index is 13.5. The van der Waals surface area contributed by atoms with Gasteiger partial charge >= 0.3 is 12.4 Å². The van der Waals surface area contributed by atoms with Crippen molar-refractivity contribution in [1.29, 1.82) is 0 Å². The average molecular weight is 849 g/mol. The maximum atomic E-state index is 13.5. The molecule has 310 valence electrons. The Hall–Kier alpha value is -8.00. The van der Waals surface area contributed by atoms with Gasteiger partial charge in [0, 0.05) is 37.9 Å². The Morgan fingerprint density at radius 1 is 0.508 bits per heavy atom. The van der Waals surface area contributed by atoms with Gasteiger partial charge < -0.3 is 18.0 Å². The van der Waals surface area contributed by atoms with E-state index in [1.54, 1.807) is 6.08 Å². The van der Waals surface area contributed by atoms with E-state index >= 15 is 0 Å². The molecule has 0 radical (unpaired) electrons. The van der Waals surface area contributed by atoms with Crippen LogP contribution in [-0.2, 0) is 12.4 Å². The molecule has 0 aliphatic heterocycles. The van der Waals surface area contributed by atoms with E-state index in [0.717, 1.165) is 67.5 Å². The molecule has 6 aromatic carbocycles. The summed E-state index contributed by atoms with van der Waals surface area (Å²) < 4.78 is 97.7. The van der Waals surface area contributed by atoms with E-state index in [9.17, 15) is 26.3 Å². The lowest BCUT2D eigenvalue weighted by Crippen LogP contribution is -2.28. The van der Waals surface area contributed by atoms with Crippen molar-refractivity contribution in [2.75, 3.05) is 0 Å². The Labute approximate surface area is 353 Å². The van der Waals surface area contributed by atoms with Crippen molar-refractivity contribution >= 4 is 44.9 Å². The van der Waals surface area contributed by atoms with Crippen LogP contribution in [0.15, 0.2) is 155 Å². The molecule has 4 heterocycles. The van der Waals surface area contributed by atoms with Crippen LogP contribution in [0.2, 0.25) is 0 Å². The van der Waals surface area contributed by atoms with Crippen molar-refractivity contribution in [3.05, 3.63) is 168 Å². The van der Waals surface area contributed by atoms with Crippen LogP contribution in [0.4, 0.5) is 26.3 Å². The van der Waals surface area contributed by atoms with Crippen molar-refractivity contribution in [2.45, 2.75) is 19.3 Å². The monoisotopic (exact) mass is 848 g/mol. The number of para-hydroxylation sites is 3. The zero-order valence-corrected chi connectivity index (χ0v) is 32.9. The van der Waals surface area contributed by atoms with Crippen LogP contribution in [-0.4, -0.2) is 29.5 Å². The lowest BCUT2D eigenvalue weighted by atomic mass is 10.0. The molecule has 63 heavy (non-hydrogen) atoms. The molecular formula is C49H30F6N6O2. The molecule has 8 nitrogen and oxygen atoms in total. The molecule has 4 aromatic heterocycles. The number of fused-ring (bicyclic) bond motifs is 4. The second kappa shape index (κ2) is 14.9. The summed E-state index contributed by atoms with van der Waals surface area (Å²) in [5.41, 5.74) is 3.40. The first-order valence-electron chi connectivity index (χ1n) is 19.5. The van der Waals surface area contributed by atoms with Gasteiger partial charge in [-0.05, 0) is 85.8 Å². The summed E-state index contributed by atoms with van der Waals surface area (Å²) in [6.07, 6.45) is -3.42. The van der Waals surface area contributed by atoms with Crippen molar-refractivity contribution in [3.8, 4) is 57.2 Å². The first-order chi connectivity index (χ1) is 30.4. The van der Waals surface area contributed by atoms with Gasteiger partial charge in [-0.1, -0.05) is 79.4 Å². The molecule has 0 N–H and O–H groups in total. The predicted molar refractivity (Wildman–Crippen MR) is 229 cm³/mol. The summed E-state index contributed by atoms with van der Waals surface area (Å²) in [6, 6.07) is 36.4. The van der Waals surface area contributed by atoms with Gasteiger partial charge in [-0.25, -0.2) is 0 Å². The fourth-order valence-corrected chi connectivity index (χ4v) is 8.09. The lowest BCUT2D eigenvalue weighted by Gasteiger charge is -2.19. The Kier molecular flexibility index (Phi) is 9.24. The molecule has 0 spiro atoms. The summed E-state index contributed by atoms with van der Waals surface area (Å²) in [4.78, 5) is 0. The van der Waals surface area contributed by atoms with Crippen molar-refractivity contribution in [2.24, 2.45) is 0 Å². The molecule has 0 atom stereocenters. The molecule has 0 unspecified atom stereocenters. The first kappa shape index (κ1) is 39.2. The molecule has 0 aliphatic carbocycles. The second-order valence-corrected chi connectivity index (χ2v) is 14.6. The minimum Gasteiger partial charge on any atom is -0.416 e. The molecule has 10 aromatic rings. The highest BCUT2D eigenvalue weighted by molar-refractivity contribution is 6.09. The Balaban J connectivity index is 1.29. The lowest BCUT2D eigenvalue weighted by molar-refractivity contribution is -0.138. The molecule has 0 saturated carbocycles. The fourth-order valence-electron chi connectivity index (χ4n) is 8.09. The smallest absolute Gasteiger partial charge is 0.416 e. The normalized spacial score (nSPS) is 12.9. The van der Waals surface area contributed by atoms with Crippen LogP contribution in [0, 0.1) is 0 Å². The molecule has 0 saturated heterocycles. The van der Waals surface area contributed by atoms with Gasteiger partial charge in [0.2, 0.25) is 23.6 Å². The molecular weight excluding hydrogens is 819 g/mol. The zero-order chi connectivity index (χ0) is 43.6. The number of benzene rings is 6. The Morgan fingerprint density at radius 3 is 1.33 bits per heavy atom. The molecule has 14 heteroatoms. The van der Waals surface area contributed by atoms with E-state index in [4.69, 9.17) is 8.83 Å². The van der Waals surface area contributed by atoms with Crippen molar-refractivity contribution in [3.63, 3.8) is 0 Å². The van der Waals surface area contributed by atoms with Crippen LogP contribution in [0.5, 0.6) is 0 Å². The third-order valence-corrected chi connectivity index (χ3v) is 10.9. The van der Waals surface area contributed by atoms with Crippen LogP contribution in [0.3, 0.4) is 0 Å². The highest BCUT2D eigenvalue weighted by Crippen LogP contribution is 2.42. The summed E-state index contributed by atoms with van der Waals surface area (Å²) in [5.74, 6) is -0.152. The highest BCUT2D eigenvalue weighted by atomic mass is 19.4. The molecule has 10 rings (SSSR count). The third-order valence-electron chi connectivity index (χ3n) is 10.9. The van der Waals surface area contributed by atoms with E-state index in [2.05, 4.69) is 36.1 Å². The fraction of sp³-hybridized carbons (Fsp3) is 0.0612. The summed E-state index contributed by atoms with van der Waals surface area (Å²) in [7, 11) is 0. The standard InChI is InChI=1S/C49H30F6N6O2/c1-3-11-32-33-12-5-8-15-39(33)60(38(32)4-2)42-26-36(46-58-56-44(62-46)28-18-22-30(23-19-28)48(50,51)52)37(47-59-57-45(63-47)29-20-24-31(25-21-29)49(53,54)55)27-43(42)61-40-16-9-6-13-34(40)35-14-7-10-17-41(35)61/h3-27H,1H2,2H3/b32-11-,38-4+. The van der Waals surface area contributed by atoms with Crippen LogP contribution in [0.1, 0.15) is 18.1 Å². The summed E-state index contributed by atoms with van der Waals surface area (Å²) in [6.45, 7) is 5.93. The number of hydrogen-bond donors (Lipinski definition) is 0. The second-order valence-electron chi connectivity index (χ2n) is 14.6. The van der Waals surface area contributed by atoms with E-state index in [1.807, 2.05) is 104 Å². The third kappa shape index (κ3) is 6.67. The largest absolute Gasteiger partial charge is 0.416 e. The van der Waals surface area contributed by atoms with Crippen LogP contribution >= 0.6 is 0 Å². The van der Waals surface area contributed by atoms with E-state index < -0.39 is 23.5 Å². The Bertz CT molecular complexity index is 3470. The zero-order valence-electron chi connectivity index (χ0n) is 32.9. The van der Waals surface area contributed by atoms with Gasteiger partial charge in [0.15, 0.2) is 0 Å². The number of nitrogens with zero attached hydrogens (tertiary/aromatic N) is 6. The minimum atomic E-state index is -4.55. The van der Waals surface area contributed by atoms with Crippen molar-refractivity contribution in [1.82, 2.24) is 29.5 Å². The topological polar surface area (TPSA) is 87.7 Å². The SMILES string of the molecule is C=C/C=c1\c(=C/C)n(-c2cc(-c3nnc(-c4ccc(C(F)(F)F)cc4)o3)c(-c3nnc(-c4ccc(C(F)(F)F)cc4)o3)cc2-n2c3ccccc3c3ccccc32)c2ccccc12. The van der Waals surface area contributed by atoms with Gasteiger partial charge in [0.05, 0.1) is 50.2 Å². The van der Waals surface area contributed by atoms with Gasteiger partial charge in [0.1, 0.15) is 0 Å². The van der Waals surface area contributed by atoms with Crippen molar-refractivity contribution < 1.29 is 35.2 Å². The maximum Gasteiger partial charge on any atom is 0.416 e. The number of halogens is 6. The van der Waals surface area contributed by atoms with Crippen LogP contribution in [0.25, 0.3) is 102 Å². The number of alkyl halides is 6. The quantitative estimate of drug-likeness (QED) is 0.148. The van der Waals surface area contributed by atoms with Crippen LogP contribution < -0.4 is 10.6 Å². The van der Waals surface area contributed by atoms with E-state index in [-0.39, 0.29) is 34.7 Å². The number of hydrogen-bond acceptors (Lipinski definition) is 6. The molecule has 0 amide bonds. The number of aromatic nitrogens is 6. The molecule has 0 aliphatic rings. The molecule has 0 bridgehead atoms. The Morgan fingerprint density at radius 2 is 0.905 bits per heavy atom. The average Bonchev–Trinajstić information content (AvgIpc) is 4.10. The first-order valence-corrected chi connectivity index (χ1v) is 19.5. The summed E-state index contributed by atoms with van der Waals surface area (Å²) in [5, 5.41) is 22.0. The van der Waals surface area contributed by atoms with E-state index in [1.165, 1.54) is 24.3 Å². The van der Waals surface area contributed by atoms with Gasteiger partial charge in [-0.3, -0.25) is 0 Å². The number of rotatable bonds is 7.